The van der Waals surface area contributed by atoms with Gasteiger partial charge < -0.3 is 4.79 Å². The van der Waals surface area contributed by atoms with Gasteiger partial charge in [0.25, 0.3) is 0 Å². The molecule has 0 atom stereocenters. The summed E-state index contributed by atoms with van der Waals surface area (Å²) in [6, 6.07) is 0. The van der Waals surface area contributed by atoms with Gasteiger partial charge in [-0.3, -0.25) is 8.78 Å². The summed E-state index contributed by atoms with van der Waals surface area (Å²) in [5.74, 6) is 0.167. The van der Waals surface area contributed by atoms with Crippen LogP contribution in [-0.2, 0) is 4.79 Å². The zero-order chi connectivity index (χ0) is 27.7. The van der Waals surface area contributed by atoms with Crippen molar-refractivity contribution in [3.8, 4) is 0 Å². The molecule has 0 aliphatic carbocycles. The first-order chi connectivity index (χ1) is 13.5. The number of hydrogen-bond donors (Lipinski definition) is 0. The molecule has 198 valence electrons. The molecule has 0 saturated heterocycles. The minimum atomic E-state index is -5.24. The van der Waals surface area contributed by atoms with Gasteiger partial charge in [-0.05, 0) is 40.0 Å². The Labute approximate surface area is 186 Å². The number of Topliss-reactive ketones (excluding diaryl/α,β-unsaturated/α-hetero) is 1. The van der Waals surface area contributed by atoms with E-state index in [4.69, 9.17) is 0 Å². The first-order valence-electron chi connectivity index (χ1n) is 10.0. The van der Waals surface area contributed by atoms with Crippen LogP contribution in [0.3, 0.4) is 0 Å². The van der Waals surface area contributed by atoms with E-state index < -0.39 is 17.8 Å². The van der Waals surface area contributed by atoms with Crippen molar-refractivity contribution in [2.24, 2.45) is 10.8 Å². The van der Waals surface area contributed by atoms with Crippen LogP contribution in [-0.4, -0.2) is 32.0 Å². The van der Waals surface area contributed by atoms with Crippen molar-refractivity contribution in [2.75, 3.05) is 13.9 Å². The largest absolute Gasteiger partial charge is 0.402 e. The number of carbonyl (C=O) groups is 1. The van der Waals surface area contributed by atoms with Crippen LogP contribution in [0.1, 0.15) is 103 Å². The second-order valence-corrected chi connectivity index (χ2v) is 8.21. The Bertz CT molecular complexity index is 297. The summed E-state index contributed by atoms with van der Waals surface area (Å²) in [5, 5.41) is 0. The van der Waals surface area contributed by atoms with E-state index in [0.29, 0.717) is 12.6 Å². The fraction of sp³-hybridized carbons (Fsp3) is 0.955. The highest BCUT2D eigenvalue weighted by molar-refractivity contribution is 5.72. The molecule has 0 aliphatic rings. The third kappa shape index (κ3) is 73.1. The van der Waals surface area contributed by atoms with E-state index in [1.54, 1.807) is 0 Å². The summed E-state index contributed by atoms with van der Waals surface area (Å²) in [6.07, 6.45) is -7.99. The Morgan fingerprint density at radius 1 is 0.613 bits per heavy atom. The topological polar surface area (TPSA) is 17.1 Å². The summed E-state index contributed by atoms with van der Waals surface area (Å²) in [7, 11) is 0.500. The van der Waals surface area contributed by atoms with Crippen LogP contribution in [0.2, 0.25) is 0 Å². The Kier molecular flexibility index (Phi) is 41.8. The summed E-state index contributed by atoms with van der Waals surface area (Å²) in [5.41, 5.74) is -3.12. The van der Waals surface area contributed by atoms with Crippen molar-refractivity contribution in [3.05, 3.63) is 0 Å². The number of carbonyl (C=O) groups excluding carboxylic acids is 1. The van der Waals surface area contributed by atoms with Crippen molar-refractivity contribution >= 4 is 5.78 Å². The van der Waals surface area contributed by atoms with E-state index in [9.17, 15) is 39.9 Å². The van der Waals surface area contributed by atoms with Crippen LogP contribution in [0.5, 0.6) is 0 Å². The molecular weight excluding hydrogens is 432 g/mol. The molecule has 31 heavy (non-hydrogen) atoms. The molecule has 0 spiro atoms. The van der Waals surface area contributed by atoms with Crippen LogP contribution < -0.4 is 0 Å². The van der Waals surface area contributed by atoms with E-state index >= 15 is 0 Å². The third-order valence-corrected chi connectivity index (χ3v) is 1.42. The van der Waals surface area contributed by atoms with E-state index in [2.05, 4.69) is 55.4 Å². The lowest BCUT2D eigenvalue weighted by molar-refractivity contribution is -0.327. The van der Waals surface area contributed by atoms with Gasteiger partial charge in [-0.2, -0.15) is 26.3 Å². The minimum absolute atomic E-state index is 0.104. The van der Waals surface area contributed by atoms with E-state index in [-0.39, 0.29) is 26.3 Å². The van der Waals surface area contributed by atoms with Gasteiger partial charge in [0.2, 0.25) is 0 Å². The predicted molar refractivity (Wildman–Crippen MR) is 118 cm³/mol. The van der Waals surface area contributed by atoms with Crippen molar-refractivity contribution in [1.82, 2.24) is 0 Å². The fourth-order valence-electron chi connectivity index (χ4n) is 0.161. The quantitative estimate of drug-likeness (QED) is 0.315. The maximum absolute atomic E-state index is 11.6. The SMILES string of the molecule is CC(C)(C(F)(F)F)C(F)(F)F.CC(C)(C)C.CC(C)=O.CCC.CCC.CCF.CF. The van der Waals surface area contributed by atoms with Gasteiger partial charge >= 0.3 is 12.4 Å². The summed E-state index contributed by atoms with van der Waals surface area (Å²) in [6.45, 7) is 21.7. The Hall–Kier alpha value is -0.890. The molecule has 0 rings (SSSR count). The summed E-state index contributed by atoms with van der Waals surface area (Å²) >= 11 is 0. The number of rotatable bonds is 0. The van der Waals surface area contributed by atoms with Crippen LogP contribution in [0.4, 0.5) is 35.1 Å². The molecule has 0 aromatic heterocycles. The lowest BCUT2D eigenvalue weighted by Gasteiger charge is -2.29. The first kappa shape index (κ1) is 47.8. The summed E-state index contributed by atoms with van der Waals surface area (Å²) < 4.78 is 89.4. The molecule has 1 nitrogen and oxygen atoms in total. The predicted octanol–water partition coefficient (Wildman–Crippen LogP) is 10.2. The average Bonchev–Trinajstić information content (AvgIpc) is 2.47. The monoisotopic (exact) mass is 480 g/mol. The molecule has 0 N–H and O–H groups in total. The molecule has 0 saturated carbocycles. The average molecular weight is 481 g/mol. The number of alkyl halides is 8. The molecule has 0 bridgehead atoms. The number of ketones is 1. The van der Waals surface area contributed by atoms with Crippen LogP contribution in [0, 0.1) is 10.8 Å². The fourth-order valence-corrected chi connectivity index (χ4v) is 0.161. The van der Waals surface area contributed by atoms with Gasteiger partial charge in [0.15, 0.2) is 5.41 Å². The van der Waals surface area contributed by atoms with E-state index in [1.165, 1.54) is 33.6 Å². The van der Waals surface area contributed by atoms with Crippen molar-refractivity contribution in [1.29, 1.82) is 0 Å². The van der Waals surface area contributed by atoms with Crippen molar-refractivity contribution in [2.45, 2.75) is 115 Å². The molecule has 0 aliphatic heterocycles. The zero-order valence-electron chi connectivity index (χ0n) is 22.1. The van der Waals surface area contributed by atoms with Gasteiger partial charge in [-0.1, -0.05) is 68.2 Å². The Morgan fingerprint density at radius 2 is 0.677 bits per heavy atom. The molecule has 0 amide bonds. The summed E-state index contributed by atoms with van der Waals surface area (Å²) in [4.78, 5) is 9.44. The van der Waals surface area contributed by atoms with Gasteiger partial charge in [-0.25, -0.2) is 0 Å². The molecule has 0 unspecified atom stereocenters. The Balaban J connectivity index is -0.0000000487. The highest BCUT2D eigenvalue weighted by Gasteiger charge is 2.64. The highest BCUT2D eigenvalue weighted by atomic mass is 19.4. The van der Waals surface area contributed by atoms with Crippen molar-refractivity contribution < 1.29 is 39.9 Å². The van der Waals surface area contributed by atoms with E-state index in [1.807, 2.05) is 0 Å². The number of hydrogen-bond acceptors (Lipinski definition) is 1. The van der Waals surface area contributed by atoms with Gasteiger partial charge in [0.05, 0.1) is 13.9 Å². The van der Waals surface area contributed by atoms with E-state index in [0.717, 1.165) is 0 Å². The lowest BCUT2D eigenvalue weighted by atomic mass is 9.92. The van der Waals surface area contributed by atoms with Crippen LogP contribution in [0.25, 0.3) is 0 Å². The molecular formula is C22H48F8O. The number of halogens is 8. The smallest absolute Gasteiger partial charge is 0.300 e. The third-order valence-electron chi connectivity index (χ3n) is 1.42. The second-order valence-electron chi connectivity index (χ2n) is 8.21. The molecule has 9 heteroatoms. The van der Waals surface area contributed by atoms with Crippen molar-refractivity contribution in [3.63, 3.8) is 0 Å². The highest BCUT2D eigenvalue weighted by Crippen LogP contribution is 2.49. The van der Waals surface area contributed by atoms with Gasteiger partial charge in [0.1, 0.15) is 5.78 Å². The maximum atomic E-state index is 11.6. The second kappa shape index (κ2) is 27.1. The maximum Gasteiger partial charge on any atom is 0.402 e. The standard InChI is InChI=1S/C5H6F6.C5H12.C3H6O.2C3H8.C2H5F.CH3F/c1-3(2,4(6,7)8)5(9,10)11;1-5(2,3)4;1-3(2)4;2*1-3-2;1-2-3;1-2/h1-2H3;1-4H3;1-2H3;2*3H2,1-2H3;2H2,1H3;1H3. The van der Waals surface area contributed by atoms with Crippen LogP contribution in [0.15, 0.2) is 0 Å². The van der Waals surface area contributed by atoms with Gasteiger partial charge in [0, 0.05) is 0 Å². The lowest BCUT2D eigenvalue weighted by Crippen LogP contribution is -2.44. The molecule has 0 radical (unpaired) electrons. The molecule has 0 fully saturated rings. The minimum Gasteiger partial charge on any atom is -0.300 e. The Morgan fingerprint density at radius 3 is 0.677 bits per heavy atom. The normalized spacial score (nSPS) is 10.1. The van der Waals surface area contributed by atoms with Gasteiger partial charge in [-0.15, -0.1) is 0 Å². The van der Waals surface area contributed by atoms with Crippen LogP contribution >= 0.6 is 0 Å². The first-order valence-corrected chi connectivity index (χ1v) is 10.0. The zero-order valence-corrected chi connectivity index (χ0v) is 22.1. The molecule has 0 aromatic rings. The molecule has 0 aromatic carbocycles. The molecule has 0 heterocycles.